The van der Waals surface area contributed by atoms with E-state index in [1.807, 2.05) is 26.0 Å². The van der Waals surface area contributed by atoms with E-state index in [1.54, 1.807) is 4.68 Å². The molecule has 3 rings (SSSR count). The predicted octanol–water partition coefficient (Wildman–Crippen LogP) is 0.0240. The molecule has 0 spiro atoms. The number of aryl methyl sites for hydroxylation is 1. The lowest BCUT2D eigenvalue weighted by Crippen LogP contribution is -2.49. The summed E-state index contributed by atoms with van der Waals surface area (Å²) in [6, 6.07) is 0. The smallest absolute Gasteiger partial charge is 0.230 e. The molecule has 0 N–H and O–H groups in total. The second-order valence-electron chi connectivity index (χ2n) is 6.56. The van der Waals surface area contributed by atoms with Gasteiger partial charge in [0.1, 0.15) is 5.82 Å². The molecule has 1 aliphatic heterocycles. The molecule has 122 valence electrons. The maximum atomic E-state index is 12.5. The highest BCUT2D eigenvalue weighted by Crippen LogP contribution is 2.38. The molecular weight excluding hydrogens is 282 g/mol. The highest BCUT2D eigenvalue weighted by atomic mass is 16.5. The lowest BCUT2D eigenvalue weighted by molar-refractivity contribution is -0.138. The van der Waals surface area contributed by atoms with Gasteiger partial charge in [0.25, 0.3) is 0 Å². The number of carbonyl (C=O) groups excluding carboxylic acids is 1. The van der Waals surface area contributed by atoms with Crippen molar-refractivity contribution in [1.29, 1.82) is 0 Å². The SMILES string of the molecule is CN(C)CC1CN(C(=O)Cc2nc(C3CC3)nn2C)CCO1. The Hall–Kier alpha value is -1.47. The van der Waals surface area contributed by atoms with Gasteiger partial charge in [-0.1, -0.05) is 0 Å². The normalized spacial score (nSPS) is 22.4. The number of aromatic nitrogens is 3. The summed E-state index contributed by atoms with van der Waals surface area (Å²) in [6.45, 7) is 2.76. The second kappa shape index (κ2) is 6.34. The van der Waals surface area contributed by atoms with Crippen molar-refractivity contribution >= 4 is 5.91 Å². The van der Waals surface area contributed by atoms with Crippen LogP contribution in [-0.4, -0.2) is 76.9 Å². The van der Waals surface area contributed by atoms with E-state index < -0.39 is 0 Å². The van der Waals surface area contributed by atoms with Gasteiger partial charge in [-0.25, -0.2) is 4.98 Å². The third-order valence-electron chi connectivity index (χ3n) is 4.18. The quantitative estimate of drug-likeness (QED) is 0.768. The van der Waals surface area contributed by atoms with Crippen LogP contribution < -0.4 is 0 Å². The monoisotopic (exact) mass is 307 g/mol. The minimum atomic E-state index is 0.0919. The predicted molar refractivity (Wildman–Crippen MR) is 81.6 cm³/mol. The van der Waals surface area contributed by atoms with Crippen LogP contribution in [0.1, 0.15) is 30.4 Å². The van der Waals surface area contributed by atoms with E-state index >= 15 is 0 Å². The average Bonchev–Trinajstić information content (AvgIpc) is 3.24. The van der Waals surface area contributed by atoms with Gasteiger partial charge in [-0.3, -0.25) is 9.48 Å². The number of ether oxygens (including phenoxy) is 1. The third kappa shape index (κ3) is 3.64. The number of hydrogen-bond donors (Lipinski definition) is 0. The van der Waals surface area contributed by atoms with Gasteiger partial charge in [-0.15, -0.1) is 0 Å². The van der Waals surface area contributed by atoms with Crippen LogP contribution in [0.25, 0.3) is 0 Å². The van der Waals surface area contributed by atoms with Crippen molar-refractivity contribution < 1.29 is 9.53 Å². The Morgan fingerprint density at radius 1 is 1.41 bits per heavy atom. The van der Waals surface area contributed by atoms with Gasteiger partial charge in [-0.2, -0.15) is 5.10 Å². The van der Waals surface area contributed by atoms with Crippen LogP contribution in [0.2, 0.25) is 0 Å². The maximum Gasteiger partial charge on any atom is 0.230 e. The Balaban J connectivity index is 1.59. The van der Waals surface area contributed by atoms with Gasteiger partial charge in [0.2, 0.25) is 5.91 Å². The molecule has 1 amide bonds. The first kappa shape index (κ1) is 15.4. The second-order valence-corrected chi connectivity index (χ2v) is 6.56. The molecule has 2 fully saturated rings. The molecule has 2 aliphatic rings. The molecule has 1 aliphatic carbocycles. The molecule has 1 saturated heterocycles. The van der Waals surface area contributed by atoms with Gasteiger partial charge in [0.05, 0.1) is 19.1 Å². The molecule has 1 saturated carbocycles. The van der Waals surface area contributed by atoms with E-state index in [2.05, 4.69) is 15.0 Å². The van der Waals surface area contributed by atoms with Crippen LogP contribution >= 0.6 is 0 Å². The molecule has 0 bridgehead atoms. The standard InChI is InChI=1S/C15H25N5O2/c1-18(2)9-12-10-20(6-7-22-12)14(21)8-13-16-15(11-4-5-11)17-19(13)3/h11-12H,4-10H2,1-3H3. The fourth-order valence-corrected chi connectivity index (χ4v) is 2.82. The number of likely N-dealkylation sites (N-methyl/N-ethyl adjacent to an activating group) is 1. The van der Waals surface area contributed by atoms with Crippen LogP contribution in [0.4, 0.5) is 0 Å². The summed E-state index contributed by atoms with van der Waals surface area (Å²) >= 11 is 0. The zero-order chi connectivity index (χ0) is 15.7. The minimum Gasteiger partial charge on any atom is -0.373 e. The Kier molecular flexibility index (Phi) is 4.44. The lowest BCUT2D eigenvalue weighted by atomic mass is 10.2. The lowest BCUT2D eigenvalue weighted by Gasteiger charge is -2.34. The molecule has 7 heteroatoms. The number of hydrogen-bond acceptors (Lipinski definition) is 5. The topological polar surface area (TPSA) is 63.5 Å². The minimum absolute atomic E-state index is 0.0919. The molecule has 7 nitrogen and oxygen atoms in total. The largest absolute Gasteiger partial charge is 0.373 e. The van der Waals surface area contributed by atoms with Crippen LogP contribution in [0, 0.1) is 0 Å². The molecule has 1 aromatic rings. The van der Waals surface area contributed by atoms with Gasteiger partial charge in [-0.05, 0) is 26.9 Å². The Morgan fingerprint density at radius 2 is 2.18 bits per heavy atom. The van der Waals surface area contributed by atoms with Gasteiger partial charge < -0.3 is 14.5 Å². The number of carbonyl (C=O) groups is 1. The highest BCUT2D eigenvalue weighted by molar-refractivity contribution is 5.78. The molecular formula is C15H25N5O2. The van der Waals surface area contributed by atoms with E-state index in [9.17, 15) is 4.79 Å². The summed E-state index contributed by atoms with van der Waals surface area (Å²) in [7, 11) is 5.90. The Morgan fingerprint density at radius 3 is 2.86 bits per heavy atom. The van der Waals surface area contributed by atoms with Crippen LogP contribution in [0.5, 0.6) is 0 Å². The zero-order valence-corrected chi connectivity index (χ0v) is 13.7. The molecule has 0 aromatic carbocycles. The fourth-order valence-electron chi connectivity index (χ4n) is 2.82. The highest BCUT2D eigenvalue weighted by Gasteiger charge is 2.30. The first-order chi connectivity index (χ1) is 10.5. The number of amides is 1. The summed E-state index contributed by atoms with van der Waals surface area (Å²) in [5.41, 5.74) is 0. The first-order valence-corrected chi connectivity index (χ1v) is 7.97. The third-order valence-corrected chi connectivity index (χ3v) is 4.18. The Labute approximate surface area is 131 Å². The maximum absolute atomic E-state index is 12.5. The average molecular weight is 307 g/mol. The molecule has 1 atom stereocenters. The van der Waals surface area contributed by atoms with Crippen molar-refractivity contribution in [2.75, 3.05) is 40.3 Å². The summed E-state index contributed by atoms with van der Waals surface area (Å²) in [5, 5.41) is 4.43. The van der Waals surface area contributed by atoms with Gasteiger partial charge in [0.15, 0.2) is 5.82 Å². The fraction of sp³-hybridized carbons (Fsp3) is 0.800. The zero-order valence-electron chi connectivity index (χ0n) is 13.7. The summed E-state index contributed by atoms with van der Waals surface area (Å²) in [5.74, 6) is 2.30. The van der Waals surface area contributed by atoms with E-state index in [0.717, 1.165) is 18.2 Å². The van der Waals surface area contributed by atoms with Crippen LogP contribution in [0.3, 0.4) is 0 Å². The molecule has 2 heterocycles. The van der Waals surface area contributed by atoms with Crippen LogP contribution in [0.15, 0.2) is 0 Å². The molecule has 1 aromatic heterocycles. The van der Waals surface area contributed by atoms with E-state index in [0.29, 0.717) is 32.0 Å². The van der Waals surface area contributed by atoms with Gasteiger partial charge in [0, 0.05) is 32.6 Å². The number of morpholine rings is 1. The first-order valence-electron chi connectivity index (χ1n) is 7.97. The van der Waals surface area contributed by atoms with E-state index in [4.69, 9.17) is 4.74 Å². The van der Waals surface area contributed by atoms with E-state index in [-0.39, 0.29) is 12.0 Å². The van der Waals surface area contributed by atoms with Crippen molar-refractivity contribution in [3.05, 3.63) is 11.6 Å². The Bertz CT molecular complexity index is 538. The van der Waals surface area contributed by atoms with Crippen molar-refractivity contribution in [2.45, 2.75) is 31.3 Å². The van der Waals surface area contributed by atoms with Crippen LogP contribution in [-0.2, 0) is 23.0 Å². The van der Waals surface area contributed by atoms with Crippen molar-refractivity contribution in [3.63, 3.8) is 0 Å². The summed E-state index contributed by atoms with van der Waals surface area (Å²) in [6.07, 6.45) is 2.76. The number of rotatable bonds is 5. The van der Waals surface area contributed by atoms with Gasteiger partial charge >= 0.3 is 0 Å². The number of nitrogens with zero attached hydrogens (tertiary/aromatic N) is 5. The summed E-state index contributed by atoms with van der Waals surface area (Å²) in [4.78, 5) is 21.0. The summed E-state index contributed by atoms with van der Waals surface area (Å²) < 4.78 is 7.47. The molecule has 0 radical (unpaired) electrons. The van der Waals surface area contributed by atoms with Crippen molar-refractivity contribution in [3.8, 4) is 0 Å². The van der Waals surface area contributed by atoms with E-state index in [1.165, 1.54) is 12.8 Å². The molecule has 1 unspecified atom stereocenters. The van der Waals surface area contributed by atoms with Crippen molar-refractivity contribution in [2.24, 2.45) is 7.05 Å². The van der Waals surface area contributed by atoms with Crippen molar-refractivity contribution in [1.82, 2.24) is 24.6 Å². The molecule has 22 heavy (non-hydrogen) atoms.